The third kappa shape index (κ3) is 2.77. The summed E-state index contributed by atoms with van der Waals surface area (Å²) in [7, 11) is 0. The van der Waals surface area contributed by atoms with Gasteiger partial charge in [0.25, 0.3) is 0 Å². The molecule has 2 atom stereocenters. The van der Waals surface area contributed by atoms with Gasteiger partial charge in [-0.25, -0.2) is 0 Å². The Labute approximate surface area is 105 Å². The van der Waals surface area contributed by atoms with E-state index in [1.54, 1.807) is 0 Å². The van der Waals surface area contributed by atoms with Gasteiger partial charge in [0.05, 0.1) is 0 Å². The summed E-state index contributed by atoms with van der Waals surface area (Å²) in [4.78, 5) is 12.0. The average Bonchev–Trinajstić information content (AvgIpc) is 2.27. The van der Waals surface area contributed by atoms with Crippen molar-refractivity contribution < 1.29 is 4.79 Å². The smallest absolute Gasteiger partial charge is 0.161 e. The van der Waals surface area contributed by atoms with Crippen molar-refractivity contribution in [3.05, 3.63) is 36.5 Å². The van der Waals surface area contributed by atoms with Gasteiger partial charge in [-0.2, -0.15) is 0 Å². The summed E-state index contributed by atoms with van der Waals surface area (Å²) in [5, 5.41) is 0. The Kier molecular flexibility index (Phi) is 4.13. The molecule has 0 amide bonds. The summed E-state index contributed by atoms with van der Waals surface area (Å²) in [6, 6.07) is 0. The van der Waals surface area contributed by atoms with E-state index in [1.165, 1.54) is 17.2 Å². The molecule has 1 rings (SSSR count). The van der Waals surface area contributed by atoms with Gasteiger partial charge in [0.1, 0.15) is 0 Å². The minimum Gasteiger partial charge on any atom is -0.294 e. The number of ketones is 1. The lowest BCUT2D eigenvalue weighted by atomic mass is 9.65. The minimum atomic E-state index is -0.351. The monoisotopic (exact) mass is 232 g/mol. The van der Waals surface area contributed by atoms with Crippen LogP contribution in [0.25, 0.3) is 0 Å². The zero-order chi connectivity index (χ0) is 13.2. The summed E-state index contributed by atoms with van der Waals surface area (Å²) < 4.78 is 0. The van der Waals surface area contributed by atoms with Crippen LogP contribution >= 0.6 is 0 Å². The van der Waals surface area contributed by atoms with Gasteiger partial charge in [0.2, 0.25) is 0 Å². The number of carbonyl (C=O) groups excluding carboxylic acids is 1. The lowest BCUT2D eigenvalue weighted by molar-refractivity contribution is -0.124. The Hall–Kier alpha value is -1.11. The first-order valence-corrected chi connectivity index (χ1v) is 6.29. The molecule has 1 heteroatoms. The molecular formula is C16H24O. The number of rotatable bonds is 4. The van der Waals surface area contributed by atoms with Gasteiger partial charge in [0, 0.05) is 5.41 Å². The fourth-order valence-electron chi connectivity index (χ4n) is 2.74. The predicted molar refractivity (Wildman–Crippen MR) is 73.8 cm³/mol. The quantitative estimate of drug-likeness (QED) is 0.521. The standard InChI is InChI=1S/C16H24O/c1-7-15(17)16(5,6)14-10-13(11(2)3)9-8-12(14)4/h7-8,13-14H,1-2,9-10H2,3-6H3/t13-,14-/m0/s1. The van der Waals surface area contributed by atoms with Gasteiger partial charge in [-0.15, -0.1) is 0 Å². The van der Waals surface area contributed by atoms with Crippen LogP contribution in [0.1, 0.15) is 40.5 Å². The summed E-state index contributed by atoms with van der Waals surface area (Å²) in [5.41, 5.74) is 2.21. The number of hydrogen-bond donors (Lipinski definition) is 0. The van der Waals surface area contributed by atoms with Gasteiger partial charge >= 0.3 is 0 Å². The Balaban J connectivity index is 3.00. The normalized spacial score (nSPS) is 25.1. The molecule has 0 heterocycles. The molecule has 0 aromatic heterocycles. The third-order valence-electron chi connectivity index (χ3n) is 4.18. The third-order valence-corrected chi connectivity index (χ3v) is 4.18. The molecule has 0 aliphatic heterocycles. The van der Waals surface area contributed by atoms with Crippen molar-refractivity contribution in [2.24, 2.45) is 17.3 Å². The van der Waals surface area contributed by atoms with Crippen molar-refractivity contribution in [3.8, 4) is 0 Å². The van der Waals surface area contributed by atoms with Crippen LogP contribution in [0.3, 0.4) is 0 Å². The molecule has 17 heavy (non-hydrogen) atoms. The van der Waals surface area contributed by atoms with Gasteiger partial charge < -0.3 is 0 Å². The van der Waals surface area contributed by atoms with Crippen LogP contribution in [0.5, 0.6) is 0 Å². The highest BCUT2D eigenvalue weighted by atomic mass is 16.1. The van der Waals surface area contributed by atoms with Crippen molar-refractivity contribution in [1.82, 2.24) is 0 Å². The molecule has 0 aromatic carbocycles. The van der Waals surface area contributed by atoms with Crippen LogP contribution in [0, 0.1) is 17.3 Å². The zero-order valence-corrected chi connectivity index (χ0v) is 11.5. The van der Waals surface area contributed by atoms with Crippen molar-refractivity contribution in [2.75, 3.05) is 0 Å². The van der Waals surface area contributed by atoms with E-state index in [2.05, 4.69) is 33.1 Å². The summed E-state index contributed by atoms with van der Waals surface area (Å²) >= 11 is 0. The first kappa shape index (κ1) is 14.0. The van der Waals surface area contributed by atoms with Gasteiger partial charge in [-0.3, -0.25) is 4.79 Å². The van der Waals surface area contributed by atoms with E-state index in [-0.39, 0.29) is 11.2 Å². The molecule has 1 aliphatic rings. The number of allylic oxidation sites excluding steroid dienone is 4. The maximum absolute atomic E-state index is 12.0. The average molecular weight is 232 g/mol. The first-order chi connectivity index (χ1) is 7.80. The Morgan fingerprint density at radius 3 is 2.59 bits per heavy atom. The second kappa shape index (κ2) is 5.03. The zero-order valence-electron chi connectivity index (χ0n) is 11.5. The highest BCUT2D eigenvalue weighted by molar-refractivity contribution is 5.94. The molecular weight excluding hydrogens is 208 g/mol. The molecule has 0 bridgehead atoms. The first-order valence-electron chi connectivity index (χ1n) is 6.29. The van der Waals surface area contributed by atoms with Crippen LogP contribution in [0.4, 0.5) is 0 Å². The second-order valence-corrected chi connectivity index (χ2v) is 5.81. The maximum Gasteiger partial charge on any atom is 0.161 e. The Bertz CT molecular complexity index is 371. The molecule has 0 fully saturated rings. The highest BCUT2D eigenvalue weighted by Crippen LogP contribution is 2.43. The van der Waals surface area contributed by atoms with Crippen molar-refractivity contribution in [2.45, 2.75) is 40.5 Å². The lowest BCUT2D eigenvalue weighted by Gasteiger charge is -2.38. The second-order valence-electron chi connectivity index (χ2n) is 5.81. The SMILES string of the molecule is C=CC(=O)C(C)(C)[C@H]1C[C@@H](C(=C)C)CC=C1C. The molecule has 0 aromatic rings. The molecule has 1 aliphatic carbocycles. The van der Waals surface area contributed by atoms with Crippen LogP contribution in [0.15, 0.2) is 36.5 Å². The molecule has 1 nitrogen and oxygen atoms in total. The number of carbonyl (C=O) groups is 1. The fourth-order valence-corrected chi connectivity index (χ4v) is 2.74. The molecule has 0 N–H and O–H groups in total. The fraction of sp³-hybridized carbons (Fsp3) is 0.562. The van der Waals surface area contributed by atoms with Crippen molar-refractivity contribution >= 4 is 5.78 Å². The van der Waals surface area contributed by atoms with Crippen LogP contribution < -0.4 is 0 Å². The number of hydrogen-bond acceptors (Lipinski definition) is 1. The molecule has 0 unspecified atom stereocenters. The molecule has 0 spiro atoms. The van der Waals surface area contributed by atoms with E-state index >= 15 is 0 Å². The van der Waals surface area contributed by atoms with E-state index < -0.39 is 0 Å². The van der Waals surface area contributed by atoms with E-state index in [4.69, 9.17) is 0 Å². The minimum absolute atomic E-state index is 0.137. The molecule has 0 saturated carbocycles. The summed E-state index contributed by atoms with van der Waals surface area (Å²) in [6.45, 7) is 15.9. The largest absolute Gasteiger partial charge is 0.294 e. The van der Waals surface area contributed by atoms with E-state index in [9.17, 15) is 4.79 Å². The topological polar surface area (TPSA) is 17.1 Å². The Morgan fingerprint density at radius 1 is 1.53 bits per heavy atom. The van der Waals surface area contributed by atoms with E-state index in [1.807, 2.05) is 13.8 Å². The molecule has 94 valence electrons. The molecule has 0 radical (unpaired) electrons. The van der Waals surface area contributed by atoms with Gasteiger partial charge in [-0.1, -0.05) is 44.2 Å². The van der Waals surface area contributed by atoms with Crippen LogP contribution in [0.2, 0.25) is 0 Å². The van der Waals surface area contributed by atoms with Crippen molar-refractivity contribution in [1.29, 1.82) is 0 Å². The van der Waals surface area contributed by atoms with Crippen LogP contribution in [-0.4, -0.2) is 5.78 Å². The summed E-state index contributed by atoms with van der Waals surface area (Å²) in [6.07, 6.45) is 5.82. The van der Waals surface area contributed by atoms with Gasteiger partial charge in [0.15, 0.2) is 5.78 Å². The maximum atomic E-state index is 12.0. The van der Waals surface area contributed by atoms with Crippen molar-refractivity contribution in [3.63, 3.8) is 0 Å². The predicted octanol–water partition coefficient (Wildman–Crippen LogP) is 4.32. The molecule has 0 saturated heterocycles. The van der Waals surface area contributed by atoms with E-state index in [0.717, 1.165) is 12.8 Å². The van der Waals surface area contributed by atoms with Crippen LogP contribution in [-0.2, 0) is 4.79 Å². The Morgan fingerprint density at radius 2 is 2.12 bits per heavy atom. The summed E-state index contributed by atoms with van der Waals surface area (Å²) in [5.74, 6) is 0.960. The lowest BCUT2D eigenvalue weighted by Crippen LogP contribution is -2.35. The van der Waals surface area contributed by atoms with E-state index in [0.29, 0.717) is 11.8 Å². The van der Waals surface area contributed by atoms with Gasteiger partial charge in [-0.05, 0) is 44.6 Å². The highest BCUT2D eigenvalue weighted by Gasteiger charge is 2.38.